The predicted octanol–water partition coefficient (Wildman–Crippen LogP) is 7.40. The van der Waals surface area contributed by atoms with Gasteiger partial charge in [-0.25, -0.2) is 9.67 Å². The quantitative estimate of drug-likeness (QED) is 0.182. The Bertz CT molecular complexity index is 1070. The van der Waals surface area contributed by atoms with Crippen molar-refractivity contribution < 1.29 is 14.7 Å². The number of anilines is 1. The third-order valence-electron chi connectivity index (χ3n) is 4.28. The summed E-state index contributed by atoms with van der Waals surface area (Å²) in [6.07, 6.45) is 10.7. The van der Waals surface area contributed by atoms with Gasteiger partial charge in [0.15, 0.2) is 12.1 Å². The molecule has 0 aliphatic heterocycles. The van der Waals surface area contributed by atoms with Crippen LogP contribution in [0.4, 0.5) is 5.69 Å². The molecule has 2 N–H and O–H groups in total. The van der Waals surface area contributed by atoms with Gasteiger partial charge in [0, 0.05) is 25.3 Å². The van der Waals surface area contributed by atoms with Gasteiger partial charge in [0.05, 0.1) is 12.2 Å². The molecule has 3 rings (SSSR count). The lowest BCUT2D eigenvalue weighted by Gasteiger charge is -2.12. The third-order valence-corrected chi connectivity index (χ3v) is 4.28. The second kappa shape index (κ2) is 30.3. The Labute approximate surface area is 249 Å². The van der Waals surface area contributed by atoms with Crippen molar-refractivity contribution in [3.63, 3.8) is 0 Å². The first-order chi connectivity index (χ1) is 19.7. The molecular weight excluding hydrogens is 514 g/mol. The van der Waals surface area contributed by atoms with Crippen LogP contribution in [0.1, 0.15) is 72.9 Å². The van der Waals surface area contributed by atoms with E-state index >= 15 is 0 Å². The Balaban J connectivity index is -0.000000300. The second-order valence-corrected chi connectivity index (χ2v) is 7.39. The van der Waals surface area contributed by atoms with Crippen LogP contribution in [0, 0.1) is 12.8 Å². The Morgan fingerprint density at radius 2 is 1.41 bits per heavy atom. The molecule has 0 saturated heterocycles. The Morgan fingerprint density at radius 1 is 0.951 bits per heavy atom. The van der Waals surface area contributed by atoms with Gasteiger partial charge in [-0.2, -0.15) is 0 Å². The van der Waals surface area contributed by atoms with E-state index in [9.17, 15) is 9.59 Å². The average Bonchev–Trinajstić information content (AvgIpc) is 3.47. The van der Waals surface area contributed by atoms with Gasteiger partial charge in [-0.3, -0.25) is 9.59 Å². The second-order valence-electron chi connectivity index (χ2n) is 7.39. The van der Waals surface area contributed by atoms with E-state index in [1.54, 1.807) is 11.7 Å². The molecule has 0 saturated carbocycles. The minimum atomic E-state index is -0.822. The minimum absolute atomic E-state index is 0.0417. The van der Waals surface area contributed by atoms with Crippen LogP contribution in [0.3, 0.4) is 0 Å². The number of allylic oxidation sites excluding steroid dienone is 2. The number of para-hydroxylation sites is 1. The highest BCUT2D eigenvalue weighted by atomic mass is 16.4. The molecule has 3 aromatic rings. The number of nitrogens with zero attached hydrogens (tertiary/aromatic N) is 4. The molecule has 228 valence electrons. The maximum Gasteiger partial charge on any atom is 0.317 e. The summed E-state index contributed by atoms with van der Waals surface area (Å²) < 4.78 is 1.69. The van der Waals surface area contributed by atoms with Gasteiger partial charge >= 0.3 is 5.97 Å². The molecule has 8 nitrogen and oxygen atoms in total. The molecule has 1 heterocycles. The van der Waals surface area contributed by atoms with Crippen molar-refractivity contribution >= 4 is 17.9 Å². The standard InChI is InChI=1S/C17H16N4O.C5H10.C3H7NO2.3C2H6.C2H2/c1-20(2)14-10-8-13(9-11-14)17-18-16(12-22)19-21(17)15-6-4-3-5-7-15;1-4-5(2)3;1-4-2-3(5)6;4*1-2/h3-12H,1-2H3;4H,1-3H3;4H,2H2,1H3,(H,5,6);3*1-2H3;1-2H. The average molecular weight is 568 g/mol. The number of carboxylic acids is 1. The molecule has 0 spiro atoms. The summed E-state index contributed by atoms with van der Waals surface area (Å²) in [5.74, 6) is 0.00615. The summed E-state index contributed by atoms with van der Waals surface area (Å²) in [6.45, 7) is 18.2. The number of likely N-dealkylation sites (N-methyl/N-ethyl adjacent to an activating group) is 1. The van der Waals surface area contributed by atoms with E-state index in [-0.39, 0.29) is 12.4 Å². The maximum atomic E-state index is 11.0. The molecule has 0 atom stereocenters. The number of aliphatic carboxylic acids is 1. The van der Waals surface area contributed by atoms with Crippen molar-refractivity contribution in [1.29, 1.82) is 0 Å². The fourth-order valence-electron chi connectivity index (χ4n) is 2.37. The van der Waals surface area contributed by atoms with Crippen molar-refractivity contribution in [2.24, 2.45) is 0 Å². The van der Waals surface area contributed by atoms with Crippen molar-refractivity contribution in [3.05, 3.63) is 72.1 Å². The summed E-state index contributed by atoms with van der Waals surface area (Å²) in [4.78, 5) is 26.9. The van der Waals surface area contributed by atoms with Crippen LogP contribution in [0.25, 0.3) is 17.1 Å². The van der Waals surface area contributed by atoms with Crippen LogP contribution < -0.4 is 10.2 Å². The number of nitrogens with one attached hydrogen (secondary N) is 1. The molecule has 1 aromatic heterocycles. The predicted molar refractivity (Wildman–Crippen MR) is 177 cm³/mol. The number of carbonyl (C=O) groups excluding carboxylic acids is 1. The van der Waals surface area contributed by atoms with Gasteiger partial charge in [0.1, 0.15) is 0 Å². The summed E-state index contributed by atoms with van der Waals surface area (Å²) in [6, 6.07) is 17.6. The molecule has 0 fully saturated rings. The Hall–Kier alpha value is -4.22. The van der Waals surface area contributed by atoms with E-state index < -0.39 is 5.97 Å². The zero-order valence-electron chi connectivity index (χ0n) is 27.3. The molecule has 0 unspecified atom stereocenters. The largest absolute Gasteiger partial charge is 0.480 e. The summed E-state index contributed by atoms with van der Waals surface area (Å²) in [7, 11) is 5.58. The fourth-order valence-corrected chi connectivity index (χ4v) is 2.37. The number of aromatic nitrogens is 3. The van der Waals surface area contributed by atoms with Crippen LogP contribution in [0.15, 0.2) is 66.2 Å². The number of hydrogen-bond donors (Lipinski definition) is 2. The van der Waals surface area contributed by atoms with E-state index in [1.165, 1.54) is 5.57 Å². The van der Waals surface area contributed by atoms with E-state index in [1.807, 2.05) is 122 Å². The molecule has 8 heteroatoms. The number of aldehydes is 1. The lowest BCUT2D eigenvalue weighted by Crippen LogP contribution is -2.16. The lowest BCUT2D eigenvalue weighted by molar-refractivity contribution is -0.135. The van der Waals surface area contributed by atoms with Crippen molar-refractivity contribution in [3.8, 4) is 29.9 Å². The van der Waals surface area contributed by atoms with Gasteiger partial charge < -0.3 is 15.3 Å². The topological polar surface area (TPSA) is 100 Å². The molecule has 0 amide bonds. The van der Waals surface area contributed by atoms with Crippen LogP contribution in [-0.2, 0) is 4.79 Å². The number of terminal acetylenes is 1. The van der Waals surface area contributed by atoms with Crippen molar-refractivity contribution in [1.82, 2.24) is 20.1 Å². The summed E-state index contributed by atoms with van der Waals surface area (Å²) >= 11 is 0. The van der Waals surface area contributed by atoms with Crippen LogP contribution in [0.5, 0.6) is 0 Å². The monoisotopic (exact) mass is 567 g/mol. The smallest absolute Gasteiger partial charge is 0.317 e. The van der Waals surface area contributed by atoms with Crippen molar-refractivity contribution in [2.45, 2.75) is 62.3 Å². The number of carbonyl (C=O) groups is 2. The normalized spacial score (nSPS) is 8.15. The van der Waals surface area contributed by atoms with Gasteiger partial charge in [0.2, 0.25) is 5.82 Å². The molecule has 41 heavy (non-hydrogen) atoms. The van der Waals surface area contributed by atoms with Gasteiger partial charge in [0.25, 0.3) is 0 Å². The molecule has 0 aliphatic rings. The number of hydrogen-bond acceptors (Lipinski definition) is 6. The van der Waals surface area contributed by atoms with Gasteiger partial charge in [-0.05, 0) is 64.2 Å². The van der Waals surface area contributed by atoms with E-state index in [2.05, 4.69) is 48.2 Å². The van der Waals surface area contributed by atoms with E-state index in [0.717, 1.165) is 16.9 Å². The maximum absolute atomic E-state index is 11.0. The molecule has 0 aliphatic carbocycles. The van der Waals surface area contributed by atoms with E-state index in [4.69, 9.17) is 5.11 Å². The van der Waals surface area contributed by atoms with Crippen LogP contribution >= 0.6 is 0 Å². The number of benzene rings is 2. The van der Waals surface area contributed by atoms with Crippen molar-refractivity contribution in [2.75, 3.05) is 32.6 Å². The van der Waals surface area contributed by atoms with Crippen LogP contribution in [-0.4, -0.2) is 59.8 Å². The number of carboxylic acid groups (broad SMARTS) is 1. The first kappa shape index (κ1) is 43.8. The number of rotatable bonds is 6. The first-order valence-corrected chi connectivity index (χ1v) is 13.8. The molecular formula is C33H53N5O3. The molecule has 0 bridgehead atoms. The first-order valence-electron chi connectivity index (χ1n) is 13.8. The SMILES string of the molecule is C#C.CC.CC.CC.CC=C(C)C.CN(C)c1ccc(-c2nc(C=O)nn2-c2ccccc2)cc1.CNCC(=O)O. The third kappa shape index (κ3) is 20.4. The fraction of sp³-hybridized carbons (Fsp3) is 0.394. The highest BCUT2D eigenvalue weighted by molar-refractivity contribution is 5.72. The Morgan fingerprint density at radius 3 is 1.73 bits per heavy atom. The minimum Gasteiger partial charge on any atom is -0.480 e. The van der Waals surface area contributed by atoms with Gasteiger partial charge in [-0.15, -0.1) is 17.9 Å². The molecule has 2 aromatic carbocycles. The zero-order valence-corrected chi connectivity index (χ0v) is 27.3. The Kier molecular flexibility index (Phi) is 32.4. The van der Waals surface area contributed by atoms with E-state index in [0.29, 0.717) is 12.1 Å². The summed E-state index contributed by atoms with van der Waals surface area (Å²) in [5.41, 5.74) is 4.26. The summed E-state index contributed by atoms with van der Waals surface area (Å²) in [5, 5.41) is 14.6. The lowest BCUT2D eigenvalue weighted by atomic mass is 10.2. The highest BCUT2D eigenvalue weighted by Crippen LogP contribution is 2.23. The molecule has 0 radical (unpaired) electrons. The van der Waals surface area contributed by atoms with Crippen LogP contribution in [0.2, 0.25) is 0 Å². The highest BCUT2D eigenvalue weighted by Gasteiger charge is 2.13. The van der Waals surface area contributed by atoms with Gasteiger partial charge in [-0.1, -0.05) is 71.4 Å². The zero-order chi connectivity index (χ0) is 32.8.